The molecule has 8 nitrogen and oxygen atoms in total. The highest BCUT2D eigenvalue weighted by Crippen LogP contribution is 2.33. The lowest BCUT2D eigenvalue weighted by atomic mass is 10.1. The first-order valence-electron chi connectivity index (χ1n) is 11.5. The van der Waals surface area contributed by atoms with Crippen molar-refractivity contribution < 1.29 is 28.6 Å². The van der Waals surface area contributed by atoms with Crippen molar-refractivity contribution in [2.75, 3.05) is 37.8 Å². The van der Waals surface area contributed by atoms with Crippen molar-refractivity contribution in [2.45, 2.75) is 39.7 Å². The number of nitrogens with one attached hydrogen (secondary N) is 1. The maximum Gasteiger partial charge on any atom is 0.265 e. The van der Waals surface area contributed by atoms with Crippen molar-refractivity contribution in [3.8, 4) is 11.5 Å². The maximum atomic E-state index is 12.9. The molecule has 0 saturated carbocycles. The van der Waals surface area contributed by atoms with E-state index in [4.69, 9.17) is 14.2 Å². The first-order valence-corrected chi connectivity index (χ1v) is 11.5. The van der Waals surface area contributed by atoms with E-state index in [9.17, 15) is 14.4 Å². The van der Waals surface area contributed by atoms with E-state index in [1.165, 1.54) is 4.90 Å². The van der Waals surface area contributed by atoms with Gasteiger partial charge in [0.05, 0.1) is 11.8 Å². The molecule has 0 aromatic heterocycles. The second-order valence-electron chi connectivity index (χ2n) is 8.83. The van der Waals surface area contributed by atoms with Crippen LogP contribution in [0, 0.1) is 20.8 Å². The zero-order valence-corrected chi connectivity index (χ0v) is 19.8. The van der Waals surface area contributed by atoms with E-state index in [-0.39, 0.29) is 43.5 Å². The summed E-state index contributed by atoms with van der Waals surface area (Å²) in [5.74, 6) is 0.283. The zero-order valence-electron chi connectivity index (χ0n) is 19.8. The number of hydrogen-bond donors (Lipinski definition) is 1. The number of fused-ring (bicyclic) bond motifs is 1. The van der Waals surface area contributed by atoms with Gasteiger partial charge in [0.1, 0.15) is 18.0 Å². The standard InChI is InChI=1S/C26H30N2O6/c1-16-9-17(2)26(18(3)10-16)34-14-22(29)19-6-7-23-21(11-19)28(25(31)15-33-23)13-24(30)27-12-20-5-4-8-32-20/h6-7,9-11,20H,4-5,8,12-15H2,1-3H3,(H,27,30)/t20-/m1/s1. The lowest BCUT2D eigenvalue weighted by molar-refractivity contribution is -0.125. The van der Waals surface area contributed by atoms with Crippen LogP contribution in [0.4, 0.5) is 5.69 Å². The molecule has 1 N–H and O–H groups in total. The molecule has 0 spiro atoms. The van der Waals surface area contributed by atoms with Gasteiger partial charge in [0.2, 0.25) is 5.91 Å². The van der Waals surface area contributed by atoms with Crippen LogP contribution in [0.1, 0.15) is 39.9 Å². The molecule has 2 aliphatic rings. The molecule has 1 saturated heterocycles. The van der Waals surface area contributed by atoms with E-state index >= 15 is 0 Å². The van der Waals surface area contributed by atoms with Gasteiger partial charge in [-0.3, -0.25) is 19.3 Å². The number of benzene rings is 2. The van der Waals surface area contributed by atoms with Gasteiger partial charge in [-0.1, -0.05) is 17.7 Å². The predicted octanol–water partition coefficient (Wildman–Crippen LogP) is 2.89. The topological polar surface area (TPSA) is 94.2 Å². The molecule has 2 aliphatic heterocycles. The van der Waals surface area contributed by atoms with Gasteiger partial charge in [-0.15, -0.1) is 0 Å². The van der Waals surface area contributed by atoms with Gasteiger partial charge in [0.15, 0.2) is 19.0 Å². The number of carbonyl (C=O) groups is 3. The Labute approximate surface area is 199 Å². The Balaban J connectivity index is 1.44. The van der Waals surface area contributed by atoms with E-state index in [1.807, 2.05) is 32.9 Å². The number of Topliss-reactive ketones (excluding diaryl/α,β-unsaturated/α-hetero) is 1. The number of anilines is 1. The highest BCUT2D eigenvalue weighted by atomic mass is 16.5. The molecule has 180 valence electrons. The molecule has 4 rings (SSSR count). The van der Waals surface area contributed by atoms with Crippen LogP contribution < -0.4 is 19.7 Å². The Hall–Kier alpha value is -3.39. The molecule has 34 heavy (non-hydrogen) atoms. The lowest BCUT2D eigenvalue weighted by Gasteiger charge is -2.29. The molecular formula is C26H30N2O6. The van der Waals surface area contributed by atoms with Gasteiger partial charge < -0.3 is 19.5 Å². The molecular weight excluding hydrogens is 436 g/mol. The van der Waals surface area contributed by atoms with E-state index in [1.54, 1.807) is 18.2 Å². The minimum absolute atomic E-state index is 0.0154. The van der Waals surface area contributed by atoms with Crippen LogP contribution >= 0.6 is 0 Å². The van der Waals surface area contributed by atoms with E-state index in [0.29, 0.717) is 35.9 Å². The monoisotopic (exact) mass is 466 g/mol. The third kappa shape index (κ3) is 5.39. The number of nitrogens with zero attached hydrogens (tertiary/aromatic N) is 1. The maximum absolute atomic E-state index is 12.9. The minimum Gasteiger partial charge on any atom is -0.485 e. The van der Waals surface area contributed by atoms with Crippen molar-refractivity contribution in [1.29, 1.82) is 0 Å². The smallest absolute Gasteiger partial charge is 0.265 e. The van der Waals surface area contributed by atoms with Crippen LogP contribution in [-0.4, -0.2) is 56.6 Å². The fourth-order valence-corrected chi connectivity index (χ4v) is 4.40. The van der Waals surface area contributed by atoms with Crippen molar-refractivity contribution >= 4 is 23.3 Å². The summed E-state index contributed by atoms with van der Waals surface area (Å²) in [5, 5.41) is 2.83. The first-order chi connectivity index (χ1) is 16.3. The summed E-state index contributed by atoms with van der Waals surface area (Å²) in [7, 11) is 0. The number of rotatable bonds is 8. The number of ether oxygens (including phenoxy) is 3. The molecule has 0 unspecified atom stereocenters. The van der Waals surface area contributed by atoms with Gasteiger partial charge in [-0.05, 0) is 62.9 Å². The highest BCUT2D eigenvalue weighted by molar-refractivity contribution is 6.04. The molecule has 2 heterocycles. The quantitative estimate of drug-likeness (QED) is 0.602. The summed E-state index contributed by atoms with van der Waals surface area (Å²) >= 11 is 0. The van der Waals surface area contributed by atoms with Crippen LogP contribution in [0.2, 0.25) is 0 Å². The van der Waals surface area contributed by atoms with E-state index < -0.39 is 0 Å². The van der Waals surface area contributed by atoms with E-state index in [0.717, 1.165) is 29.5 Å². The fourth-order valence-electron chi connectivity index (χ4n) is 4.40. The number of ketones is 1. The normalized spacial score (nSPS) is 17.2. The summed E-state index contributed by atoms with van der Waals surface area (Å²) < 4.78 is 16.9. The lowest BCUT2D eigenvalue weighted by Crippen LogP contribution is -2.46. The van der Waals surface area contributed by atoms with Crippen molar-refractivity contribution in [3.63, 3.8) is 0 Å². The predicted molar refractivity (Wildman–Crippen MR) is 127 cm³/mol. The van der Waals surface area contributed by atoms with Crippen LogP contribution in [-0.2, 0) is 14.3 Å². The third-order valence-electron chi connectivity index (χ3n) is 6.03. The van der Waals surface area contributed by atoms with Gasteiger partial charge in [0, 0.05) is 18.7 Å². The van der Waals surface area contributed by atoms with Crippen LogP contribution in [0.5, 0.6) is 11.5 Å². The summed E-state index contributed by atoms with van der Waals surface area (Å²) in [4.78, 5) is 39.3. The summed E-state index contributed by atoms with van der Waals surface area (Å²) in [6.45, 7) is 6.58. The average Bonchev–Trinajstić information content (AvgIpc) is 3.32. The van der Waals surface area contributed by atoms with Crippen molar-refractivity contribution in [2.24, 2.45) is 0 Å². The minimum atomic E-state index is -0.341. The Bertz CT molecular complexity index is 1080. The van der Waals surface area contributed by atoms with Gasteiger partial charge in [-0.25, -0.2) is 0 Å². The summed E-state index contributed by atoms with van der Waals surface area (Å²) in [5.41, 5.74) is 3.85. The zero-order chi connectivity index (χ0) is 24.2. The van der Waals surface area contributed by atoms with Gasteiger partial charge >= 0.3 is 0 Å². The van der Waals surface area contributed by atoms with Crippen molar-refractivity contribution in [1.82, 2.24) is 5.32 Å². The molecule has 0 radical (unpaired) electrons. The number of aryl methyl sites for hydroxylation is 3. The van der Waals surface area contributed by atoms with Crippen molar-refractivity contribution in [3.05, 3.63) is 52.6 Å². The molecule has 0 aliphatic carbocycles. The Morgan fingerprint density at radius 3 is 2.62 bits per heavy atom. The summed E-state index contributed by atoms with van der Waals surface area (Å²) in [6.07, 6.45) is 1.91. The van der Waals surface area contributed by atoms with Gasteiger partial charge in [-0.2, -0.15) is 0 Å². The Morgan fingerprint density at radius 2 is 1.91 bits per heavy atom. The first kappa shape index (κ1) is 23.8. The largest absolute Gasteiger partial charge is 0.485 e. The number of amides is 2. The molecule has 2 amide bonds. The van der Waals surface area contributed by atoms with Crippen LogP contribution in [0.25, 0.3) is 0 Å². The second kappa shape index (κ2) is 10.3. The molecule has 1 fully saturated rings. The second-order valence-corrected chi connectivity index (χ2v) is 8.83. The molecule has 8 heteroatoms. The molecule has 2 aromatic rings. The van der Waals surface area contributed by atoms with Crippen LogP contribution in [0.15, 0.2) is 30.3 Å². The molecule has 0 bridgehead atoms. The number of hydrogen-bond acceptors (Lipinski definition) is 6. The number of carbonyl (C=O) groups excluding carboxylic acids is 3. The van der Waals surface area contributed by atoms with E-state index in [2.05, 4.69) is 5.32 Å². The third-order valence-corrected chi connectivity index (χ3v) is 6.03. The molecule has 2 aromatic carbocycles. The Morgan fingerprint density at radius 1 is 1.15 bits per heavy atom. The molecule has 1 atom stereocenters. The SMILES string of the molecule is Cc1cc(C)c(OCC(=O)c2ccc3c(c2)N(CC(=O)NC[C@H]2CCCO2)C(=O)CO3)c(C)c1. The highest BCUT2D eigenvalue weighted by Gasteiger charge is 2.29. The Kier molecular flexibility index (Phi) is 7.17. The summed E-state index contributed by atoms with van der Waals surface area (Å²) in [6, 6.07) is 8.90. The van der Waals surface area contributed by atoms with Crippen LogP contribution in [0.3, 0.4) is 0 Å². The van der Waals surface area contributed by atoms with Gasteiger partial charge in [0.25, 0.3) is 5.91 Å². The average molecular weight is 467 g/mol. The fraction of sp³-hybridized carbons (Fsp3) is 0.423.